The van der Waals surface area contributed by atoms with Crippen molar-refractivity contribution >= 4 is 5.69 Å². The summed E-state index contributed by atoms with van der Waals surface area (Å²) in [4.78, 5) is 0. The third kappa shape index (κ3) is 1.99. The molecule has 2 aromatic carbocycles. The summed E-state index contributed by atoms with van der Waals surface area (Å²) in [7, 11) is 0. The largest absolute Gasteiger partial charge is 0.399 e. The molecule has 0 aromatic heterocycles. The molecular formula is C13H12FN. The van der Waals surface area contributed by atoms with Gasteiger partial charge in [-0.1, -0.05) is 29.8 Å². The van der Waals surface area contributed by atoms with E-state index in [0.717, 1.165) is 11.1 Å². The number of hydrogen-bond acceptors (Lipinski definition) is 1. The SMILES string of the molecule is Cc1ccc(-c2ccc(N)cc2F)cc1. The van der Waals surface area contributed by atoms with Crippen LogP contribution in [0.3, 0.4) is 0 Å². The third-order valence-corrected chi connectivity index (χ3v) is 2.36. The highest BCUT2D eigenvalue weighted by Crippen LogP contribution is 2.24. The van der Waals surface area contributed by atoms with Crippen LogP contribution in [-0.2, 0) is 0 Å². The van der Waals surface area contributed by atoms with Crippen LogP contribution in [0, 0.1) is 12.7 Å². The second-order valence-corrected chi connectivity index (χ2v) is 3.61. The summed E-state index contributed by atoms with van der Waals surface area (Å²) in [5.41, 5.74) is 8.56. The van der Waals surface area contributed by atoms with Crippen molar-refractivity contribution in [1.29, 1.82) is 0 Å². The second-order valence-electron chi connectivity index (χ2n) is 3.61. The van der Waals surface area contributed by atoms with Crippen LogP contribution >= 0.6 is 0 Å². The highest BCUT2D eigenvalue weighted by Gasteiger charge is 2.04. The molecule has 0 aliphatic rings. The average molecular weight is 201 g/mol. The maximum absolute atomic E-state index is 13.6. The van der Waals surface area contributed by atoms with Gasteiger partial charge in [-0.25, -0.2) is 4.39 Å². The monoisotopic (exact) mass is 201 g/mol. The van der Waals surface area contributed by atoms with E-state index in [0.29, 0.717) is 11.3 Å². The maximum Gasteiger partial charge on any atom is 0.133 e. The molecule has 0 heterocycles. The Balaban J connectivity index is 2.49. The summed E-state index contributed by atoms with van der Waals surface area (Å²) >= 11 is 0. The van der Waals surface area contributed by atoms with Crippen LogP contribution in [0.15, 0.2) is 42.5 Å². The standard InChI is InChI=1S/C13H12FN/c1-9-2-4-10(5-3-9)12-7-6-11(15)8-13(12)14/h2-8H,15H2,1H3. The molecule has 15 heavy (non-hydrogen) atoms. The Bertz CT molecular complexity index is 474. The molecule has 0 amide bonds. The van der Waals surface area contributed by atoms with Gasteiger partial charge >= 0.3 is 0 Å². The van der Waals surface area contributed by atoms with Crippen molar-refractivity contribution in [3.05, 3.63) is 53.8 Å². The number of nitrogens with two attached hydrogens (primary N) is 1. The van der Waals surface area contributed by atoms with Gasteiger partial charge in [-0.3, -0.25) is 0 Å². The fraction of sp³-hybridized carbons (Fsp3) is 0.0769. The third-order valence-electron chi connectivity index (χ3n) is 2.36. The van der Waals surface area contributed by atoms with Crippen LogP contribution in [0.1, 0.15) is 5.56 Å². The highest BCUT2D eigenvalue weighted by molar-refractivity contribution is 5.66. The average Bonchev–Trinajstić information content (AvgIpc) is 2.20. The van der Waals surface area contributed by atoms with Gasteiger partial charge in [0, 0.05) is 11.3 Å². The summed E-state index contributed by atoms with van der Waals surface area (Å²) in [5.74, 6) is -0.279. The molecule has 0 unspecified atom stereocenters. The van der Waals surface area contributed by atoms with Crippen molar-refractivity contribution in [2.75, 3.05) is 5.73 Å². The maximum atomic E-state index is 13.6. The van der Waals surface area contributed by atoms with Gasteiger partial charge in [0.25, 0.3) is 0 Å². The first-order valence-corrected chi connectivity index (χ1v) is 4.79. The Hall–Kier alpha value is -1.83. The van der Waals surface area contributed by atoms with Gasteiger partial charge in [-0.15, -0.1) is 0 Å². The normalized spacial score (nSPS) is 10.3. The lowest BCUT2D eigenvalue weighted by Crippen LogP contribution is -1.89. The molecule has 0 spiro atoms. The zero-order valence-corrected chi connectivity index (χ0v) is 8.50. The van der Waals surface area contributed by atoms with Crippen molar-refractivity contribution in [2.45, 2.75) is 6.92 Å². The van der Waals surface area contributed by atoms with Crippen molar-refractivity contribution in [3.63, 3.8) is 0 Å². The summed E-state index contributed by atoms with van der Waals surface area (Å²) in [5, 5.41) is 0. The minimum atomic E-state index is -0.279. The smallest absolute Gasteiger partial charge is 0.133 e. The summed E-state index contributed by atoms with van der Waals surface area (Å²) in [6, 6.07) is 12.5. The van der Waals surface area contributed by atoms with E-state index in [1.807, 2.05) is 31.2 Å². The Morgan fingerprint density at radius 3 is 2.27 bits per heavy atom. The van der Waals surface area contributed by atoms with Gasteiger partial charge in [-0.05, 0) is 30.7 Å². The zero-order valence-electron chi connectivity index (χ0n) is 8.50. The van der Waals surface area contributed by atoms with E-state index >= 15 is 0 Å². The minimum absolute atomic E-state index is 0.279. The van der Waals surface area contributed by atoms with E-state index < -0.39 is 0 Å². The first-order chi connectivity index (χ1) is 7.16. The van der Waals surface area contributed by atoms with E-state index in [2.05, 4.69) is 0 Å². The second kappa shape index (κ2) is 3.73. The van der Waals surface area contributed by atoms with Crippen LogP contribution < -0.4 is 5.73 Å². The fourth-order valence-corrected chi connectivity index (χ4v) is 1.50. The Morgan fingerprint density at radius 2 is 1.67 bits per heavy atom. The molecule has 0 aliphatic heterocycles. The molecule has 2 N–H and O–H groups in total. The van der Waals surface area contributed by atoms with Crippen LogP contribution in [-0.4, -0.2) is 0 Å². The first-order valence-electron chi connectivity index (χ1n) is 4.79. The zero-order chi connectivity index (χ0) is 10.8. The van der Waals surface area contributed by atoms with Gasteiger partial charge in [0.05, 0.1) is 0 Å². The number of anilines is 1. The van der Waals surface area contributed by atoms with Crippen molar-refractivity contribution < 1.29 is 4.39 Å². The van der Waals surface area contributed by atoms with Crippen molar-refractivity contribution in [3.8, 4) is 11.1 Å². The summed E-state index contributed by atoms with van der Waals surface area (Å²) in [6.45, 7) is 2.00. The van der Waals surface area contributed by atoms with E-state index in [1.54, 1.807) is 12.1 Å². The van der Waals surface area contributed by atoms with Crippen molar-refractivity contribution in [2.24, 2.45) is 0 Å². The topological polar surface area (TPSA) is 26.0 Å². The molecule has 0 bridgehead atoms. The van der Waals surface area contributed by atoms with E-state index in [9.17, 15) is 4.39 Å². The molecule has 0 atom stereocenters. The molecule has 2 rings (SSSR count). The molecule has 0 saturated heterocycles. The number of halogens is 1. The molecule has 1 nitrogen and oxygen atoms in total. The van der Waals surface area contributed by atoms with E-state index in [-0.39, 0.29) is 5.82 Å². The Labute approximate surface area is 88.4 Å². The molecule has 0 fully saturated rings. The van der Waals surface area contributed by atoms with Crippen LogP contribution in [0.25, 0.3) is 11.1 Å². The van der Waals surface area contributed by atoms with Gasteiger partial charge in [0.15, 0.2) is 0 Å². The Kier molecular flexibility index (Phi) is 2.42. The van der Waals surface area contributed by atoms with Gasteiger partial charge in [0.2, 0.25) is 0 Å². The molecular weight excluding hydrogens is 189 g/mol. The fourth-order valence-electron chi connectivity index (χ4n) is 1.50. The van der Waals surface area contributed by atoms with Crippen LogP contribution in [0.4, 0.5) is 10.1 Å². The molecule has 76 valence electrons. The minimum Gasteiger partial charge on any atom is -0.399 e. The van der Waals surface area contributed by atoms with Crippen LogP contribution in [0.2, 0.25) is 0 Å². The molecule has 0 radical (unpaired) electrons. The number of benzene rings is 2. The molecule has 2 aromatic rings. The molecule has 0 saturated carbocycles. The molecule has 2 heteroatoms. The molecule has 0 aliphatic carbocycles. The lowest BCUT2D eigenvalue weighted by Gasteiger charge is -2.04. The van der Waals surface area contributed by atoms with E-state index in [1.165, 1.54) is 6.07 Å². The lowest BCUT2D eigenvalue weighted by molar-refractivity contribution is 0.632. The Morgan fingerprint density at radius 1 is 1.00 bits per heavy atom. The number of rotatable bonds is 1. The number of hydrogen-bond donors (Lipinski definition) is 1. The van der Waals surface area contributed by atoms with E-state index in [4.69, 9.17) is 5.73 Å². The number of nitrogen functional groups attached to an aromatic ring is 1. The highest BCUT2D eigenvalue weighted by atomic mass is 19.1. The quantitative estimate of drug-likeness (QED) is 0.703. The summed E-state index contributed by atoms with van der Waals surface area (Å²) in [6.07, 6.45) is 0. The number of aryl methyl sites for hydroxylation is 1. The van der Waals surface area contributed by atoms with Gasteiger partial charge < -0.3 is 5.73 Å². The van der Waals surface area contributed by atoms with Crippen LogP contribution in [0.5, 0.6) is 0 Å². The van der Waals surface area contributed by atoms with Crippen molar-refractivity contribution in [1.82, 2.24) is 0 Å². The van der Waals surface area contributed by atoms with Gasteiger partial charge in [0.1, 0.15) is 5.82 Å². The predicted molar refractivity (Wildman–Crippen MR) is 61.0 cm³/mol. The predicted octanol–water partition coefficient (Wildman–Crippen LogP) is 3.38. The first kappa shape index (κ1) is 9.71. The van der Waals surface area contributed by atoms with Gasteiger partial charge in [-0.2, -0.15) is 0 Å². The summed E-state index contributed by atoms with van der Waals surface area (Å²) < 4.78 is 13.6. The lowest BCUT2D eigenvalue weighted by atomic mass is 10.0.